The molecule has 2 saturated heterocycles. The van der Waals surface area contributed by atoms with Gasteiger partial charge in [0, 0.05) is 19.5 Å². The van der Waals surface area contributed by atoms with Crippen molar-refractivity contribution in [3.63, 3.8) is 0 Å². The first-order valence-electron chi connectivity index (χ1n) is 7.80. The van der Waals surface area contributed by atoms with Crippen molar-refractivity contribution in [3.8, 4) is 0 Å². The summed E-state index contributed by atoms with van der Waals surface area (Å²) in [5, 5.41) is -1.16. The lowest BCUT2D eigenvalue weighted by atomic mass is 9.99. The van der Waals surface area contributed by atoms with Gasteiger partial charge in [-0.3, -0.25) is 4.79 Å². The van der Waals surface area contributed by atoms with Gasteiger partial charge in [0.15, 0.2) is 0 Å². The summed E-state index contributed by atoms with van der Waals surface area (Å²) in [5.74, 6) is 0.580. The van der Waals surface area contributed by atoms with E-state index in [1.165, 1.54) is 17.7 Å². The Morgan fingerprint density at radius 2 is 1.81 bits per heavy atom. The molecule has 0 spiro atoms. The summed E-state index contributed by atoms with van der Waals surface area (Å²) in [5.41, 5.74) is 0. The Hall–Kier alpha value is -0.690. The van der Waals surface area contributed by atoms with E-state index in [1.54, 1.807) is 0 Å². The number of rotatable bonds is 6. The molecule has 0 N–H and O–H groups in total. The van der Waals surface area contributed by atoms with Gasteiger partial charge in [0.1, 0.15) is 5.25 Å². The Kier molecular flexibility index (Phi) is 5.60. The standard InChI is InChI=1S/C14H25FN2O3S/c1-12-4-8-16(9-5-12)6-2-3-7-17-11-13(10-14(17)18)21(15,19)20/h12-13H,2-11H2,1H3. The molecule has 2 rings (SSSR count). The molecule has 1 amide bonds. The van der Waals surface area contributed by atoms with Gasteiger partial charge in [-0.2, -0.15) is 8.42 Å². The van der Waals surface area contributed by atoms with Crippen molar-refractivity contribution >= 4 is 16.1 Å². The Labute approximate surface area is 126 Å². The maximum absolute atomic E-state index is 12.9. The molecule has 1 unspecified atom stereocenters. The van der Waals surface area contributed by atoms with Crippen LogP contribution in [-0.2, 0) is 15.0 Å². The maximum Gasteiger partial charge on any atom is 0.307 e. The van der Waals surface area contributed by atoms with Crippen molar-refractivity contribution in [2.24, 2.45) is 5.92 Å². The zero-order chi connectivity index (χ0) is 15.5. The number of amides is 1. The predicted molar refractivity (Wildman–Crippen MR) is 79.1 cm³/mol. The maximum atomic E-state index is 12.9. The zero-order valence-corrected chi connectivity index (χ0v) is 13.4. The third-order valence-corrected chi connectivity index (χ3v) is 5.72. The van der Waals surface area contributed by atoms with Gasteiger partial charge >= 0.3 is 10.2 Å². The number of nitrogens with zero attached hydrogens (tertiary/aromatic N) is 2. The summed E-state index contributed by atoms with van der Waals surface area (Å²) < 4.78 is 34.6. The average molecular weight is 320 g/mol. The molecule has 21 heavy (non-hydrogen) atoms. The van der Waals surface area contributed by atoms with Crippen LogP contribution in [0.2, 0.25) is 0 Å². The van der Waals surface area contributed by atoms with Crippen LogP contribution >= 0.6 is 0 Å². The van der Waals surface area contributed by atoms with Gasteiger partial charge in [-0.15, -0.1) is 3.89 Å². The van der Waals surface area contributed by atoms with Gasteiger partial charge < -0.3 is 9.80 Å². The molecule has 2 aliphatic rings. The molecule has 7 heteroatoms. The van der Waals surface area contributed by atoms with Crippen molar-refractivity contribution in [2.45, 2.75) is 44.3 Å². The first kappa shape index (κ1) is 16.7. The number of likely N-dealkylation sites (tertiary alicyclic amines) is 2. The molecule has 0 bridgehead atoms. The SMILES string of the molecule is CC1CCN(CCCCN2CC(S(=O)(=O)F)CC2=O)CC1. The smallest absolute Gasteiger partial charge is 0.307 e. The number of unbranched alkanes of at least 4 members (excludes halogenated alkanes) is 1. The van der Waals surface area contributed by atoms with Crippen LogP contribution < -0.4 is 0 Å². The fourth-order valence-corrected chi connectivity index (χ4v) is 3.76. The summed E-state index contributed by atoms with van der Waals surface area (Å²) in [6, 6.07) is 0. The lowest BCUT2D eigenvalue weighted by molar-refractivity contribution is -0.127. The highest BCUT2D eigenvalue weighted by atomic mass is 32.3. The molecule has 0 aromatic rings. The topological polar surface area (TPSA) is 57.7 Å². The van der Waals surface area contributed by atoms with Crippen LogP contribution in [0.3, 0.4) is 0 Å². The number of hydrogen-bond donors (Lipinski definition) is 0. The van der Waals surface area contributed by atoms with E-state index in [-0.39, 0.29) is 18.9 Å². The summed E-state index contributed by atoms with van der Waals surface area (Å²) in [7, 11) is -4.59. The second-order valence-electron chi connectivity index (χ2n) is 6.37. The molecule has 122 valence electrons. The molecule has 2 heterocycles. The largest absolute Gasteiger partial charge is 0.341 e. The predicted octanol–water partition coefficient (Wildman–Crippen LogP) is 1.40. The van der Waals surface area contributed by atoms with E-state index in [9.17, 15) is 17.1 Å². The van der Waals surface area contributed by atoms with E-state index in [1.807, 2.05) is 0 Å². The Morgan fingerprint density at radius 1 is 1.19 bits per heavy atom. The number of halogens is 1. The third-order valence-electron chi connectivity index (χ3n) is 4.61. The van der Waals surface area contributed by atoms with Crippen molar-refractivity contribution in [3.05, 3.63) is 0 Å². The molecule has 0 aromatic carbocycles. The molecule has 1 atom stereocenters. The fourth-order valence-electron chi connectivity index (χ4n) is 3.06. The lowest BCUT2D eigenvalue weighted by Crippen LogP contribution is -2.34. The number of hydrogen-bond acceptors (Lipinski definition) is 4. The molecular weight excluding hydrogens is 295 g/mol. The minimum absolute atomic E-state index is 0.0128. The van der Waals surface area contributed by atoms with E-state index in [0.29, 0.717) is 6.54 Å². The molecule has 5 nitrogen and oxygen atoms in total. The quantitative estimate of drug-likeness (QED) is 0.548. The average Bonchev–Trinajstić information content (AvgIpc) is 2.78. The molecule has 2 aliphatic heterocycles. The van der Waals surface area contributed by atoms with Gasteiger partial charge in [-0.25, -0.2) is 0 Å². The van der Waals surface area contributed by atoms with E-state index >= 15 is 0 Å². The van der Waals surface area contributed by atoms with Gasteiger partial charge in [0.2, 0.25) is 5.91 Å². The van der Waals surface area contributed by atoms with Crippen LogP contribution in [0.5, 0.6) is 0 Å². The van der Waals surface area contributed by atoms with Crippen molar-refractivity contribution in [2.75, 3.05) is 32.7 Å². The normalized spacial score (nSPS) is 25.7. The fraction of sp³-hybridized carbons (Fsp3) is 0.929. The van der Waals surface area contributed by atoms with Crippen molar-refractivity contribution < 1.29 is 17.1 Å². The van der Waals surface area contributed by atoms with Crippen LogP contribution in [0, 0.1) is 5.92 Å². The molecule has 0 radical (unpaired) electrons. The van der Waals surface area contributed by atoms with Crippen molar-refractivity contribution in [1.82, 2.24) is 9.80 Å². The van der Waals surface area contributed by atoms with Gasteiger partial charge in [0.25, 0.3) is 0 Å². The van der Waals surface area contributed by atoms with Crippen LogP contribution in [0.4, 0.5) is 3.89 Å². The van der Waals surface area contributed by atoms with E-state index in [2.05, 4.69) is 11.8 Å². The third kappa shape index (κ3) is 4.92. The Morgan fingerprint density at radius 3 is 2.38 bits per heavy atom. The first-order chi connectivity index (χ1) is 9.86. The summed E-state index contributed by atoms with van der Waals surface area (Å²) in [6.07, 6.45) is 4.13. The molecule has 0 saturated carbocycles. The van der Waals surface area contributed by atoms with E-state index in [0.717, 1.165) is 38.4 Å². The number of piperidine rings is 1. The van der Waals surface area contributed by atoms with E-state index in [4.69, 9.17) is 0 Å². The molecular formula is C14H25FN2O3S. The molecule has 0 aliphatic carbocycles. The highest BCUT2D eigenvalue weighted by molar-refractivity contribution is 7.87. The monoisotopic (exact) mass is 320 g/mol. The second kappa shape index (κ2) is 7.05. The molecule has 0 aromatic heterocycles. The highest BCUT2D eigenvalue weighted by Crippen LogP contribution is 2.20. The minimum atomic E-state index is -4.59. The van der Waals surface area contributed by atoms with Crippen LogP contribution in [0.25, 0.3) is 0 Å². The number of carbonyl (C=O) groups is 1. The summed E-state index contributed by atoms with van der Waals surface area (Å²) >= 11 is 0. The summed E-state index contributed by atoms with van der Waals surface area (Å²) in [6.45, 7) is 6.15. The van der Waals surface area contributed by atoms with Crippen LogP contribution in [-0.4, -0.2) is 62.1 Å². The minimum Gasteiger partial charge on any atom is -0.341 e. The van der Waals surface area contributed by atoms with E-state index < -0.39 is 15.5 Å². The van der Waals surface area contributed by atoms with Crippen molar-refractivity contribution in [1.29, 1.82) is 0 Å². The number of carbonyl (C=O) groups excluding carboxylic acids is 1. The Balaban J connectivity index is 1.64. The summed E-state index contributed by atoms with van der Waals surface area (Å²) in [4.78, 5) is 15.6. The first-order valence-corrected chi connectivity index (χ1v) is 9.24. The van der Waals surface area contributed by atoms with Gasteiger partial charge in [0.05, 0.1) is 0 Å². The zero-order valence-electron chi connectivity index (χ0n) is 12.6. The Bertz CT molecular complexity index is 461. The van der Waals surface area contributed by atoms with Gasteiger partial charge in [-0.1, -0.05) is 6.92 Å². The molecule has 2 fully saturated rings. The second-order valence-corrected chi connectivity index (χ2v) is 7.99. The highest BCUT2D eigenvalue weighted by Gasteiger charge is 2.37. The van der Waals surface area contributed by atoms with Gasteiger partial charge in [-0.05, 0) is 51.2 Å². The van der Waals surface area contributed by atoms with Crippen LogP contribution in [0.1, 0.15) is 39.0 Å². The lowest BCUT2D eigenvalue weighted by Gasteiger charge is -2.30. The van der Waals surface area contributed by atoms with Crippen LogP contribution in [0.15, 0.2) is 0 Å².